The maximum atomic E-state index is 13.6. The smallest absolute Gasteiger partial charge is 0.387 e. The van der Waals surface area contributed by atoms with Gasteiger partial charge in [-0.2, -0.15) is 8.62 Å². The summed E-state index contributed by atoms with van der Waals surface area (Å²) in [5.74, 6) is -2.24. The number of fused-ring (bicyclic) bond motifs is 2. The topological polar surface area (TPSA) is 536 Å². The van der Waals surface area contributed by atoms with Crippen LogP contribution in [0.15, 0.2) is 76.0 Å². The predicted octanol–water partition coefficient (Wildman–Crippen LogP) is -3.19. The van der Waals surface area contributed by atoms with Crippen LogP contribution in [0.3, 0.4) is 0 Å². The number of aryl methyl sites for hydroxylation is 1. The Morgan fingerprint density at radius 1 is 0.778 bits per heavy atom. The fraction of sp³-hybridized carbons (Fsp3) is 0.462. The minimum Gasteiger partial charge on any atom is -0.387 e. The summed E-state index contributed by atoms with van der Waals surface area (Å²) in [4.78, 5) is 113. The Kier molecular flexibility index (Phi) is 17.3. The third-order valence-electron chi connectivity index (χ3n) is 12.7. The number of benzene rings is 1. The van der Waals surface area contributed by atoms with Gasteiger partial charge in [0.1, 0.15) is 54.6 Å². The minimum absolute atomic E-state index is 0.00388. The Bertz CT molecular complexity index is 3700. The van der Waals surface area contributed by atoms with Gasteiger partial charge in [-0.1, -0.05) is 23.2 Å². The summed E-state index contributed by atoms with van der Waals surface area (Å²) in [5.41, 5.74) is 9.40. The van der Waals surface area contributed by atoms with Crippen molar-refractivity contribution in [2.24, 2.45) is 13.0 Å². The number of nitrogens with zero attached hydrogens (tertiary/aromatic N) is 8. The molecule has 3 saturated heterocycles. The number of hydrogen-bond donors (Lipinski definition) is 12. The van der Waals surface area contributed by atoms with E-state index in [4.69, 9.17) is 48.5 Å². The number of aromatic nitrogens is 10. The molecule has 5 aromatic heterocycles. The second kappa shape index (κ2) is 23.4. The fourth-order valence-corrected chi connectivity index (χ4v) is 13.5. The van der Waals surface area contributed by atoms with E-state index in [2.05, 4.69) is 38.9 Å². The molecule has 14 N–H and O–H groups in total. The molecule has 0 radical (unpaired) electrons. The van der Waals surface area contributed by atoms with Crippen molar-refractivity contribution in [3.63, 3.8) is 0 Å². The molecule has 1 aromatic carbocycles. The van der Waals surface area contributed by atoms with Crippen molar-refractivity contribution in [2.75, 3.05) is 44.9 Å². The van der Waals surface area contributed by atoms with Crippen molar-refractivity contribution in [3.8, 4) is 0 Å². The molecule has 6 aromatic rings. The van der Waals surface area contributed by atoms with E-state index in [1.54, 1.807) is 18.2 Å². The monoisotopic (exact) mass is 1220 g/mol. The molecule has 0 aliphatic carbocycles. The number of aliphatic hydroxyl groups is 3. The lowest BCUT2D eigenvalue weighted by atomic mass is 9.98. The van der Waals surface area contributed by atoms with Crippen molar-refractivity contribution in [2.45, 2.75) is 67.5 Å². The number of phosphoric acid groups is 4. The fourth-order valence-electron chi connectivity index (χ4n) is 9.03. The number of nitrogen functional groups attached to an aromatic ring is 2. The van der Waals surface area contributed by atoms with Gasteiger partial charge >= 0.3 is 42.6 Å². The molecule has 4 unspecified atom stereocenters. The molecule has 0 spiro atoms. The number of nitrogens with one attached hydrogen (secondary N) is 3. The number of rotatable bonds is 22. The van der Waals surface area contributed by atoms with E-state index in [1.807, 2.05) is 4.98 Å². The summed E-state index contributed by atoms with van der Waals surface area (Å²) in [6.07, 6.45) is -13.9. The third-order valence-corrected chi connectivity index (χ3v) is 17.9. The number of imidazole rings is 2. The molecule has 9 rings (SSSR count). The average Bonchev–Trinajstić information content (AvgIpc) is 4.42. The molecule has 1 amide bonds. The van der Waals surface area contributed by atoms with Crippen LogP contribution in [0.4, 0.5) is 11.8 Å². The summed E-state index contributed by atoms with van der Waals surface area (Å²) in [6.45, 7) is -3.77. The maximum absolute atomic E-state index is 13.6. The number of hydrogen-bond acceptors (Lipinski definition) is 27. The van der Waals surface area contributed by atoms with Gasteiger partial charge in [0.15, 0.2) is 30.2 Å². The number of nitrogens with two attached hydrogens (primary N) is 2. The number of aliphatic hydroxyl groups excluding tert-OH is 3. The van der Waals surface area contributed by atoms with Gasteiger partial charge in [0.2, 0.25) is 11.7 Å². The van der Waals surface area contributed by atoms with Crippen molar-refractivity contribution < 1.29 is 108 Å². The number of phosphoric ester groups is 3. The van der Waals surface area contributed by atoms with Gasteiger partial charge in [0.05, 0.1) is 39.3 Å². The number of carbonyl (C=O) groups excluding carboxylic acids is 1. The molecular weight excluding hydrogens is 1170 g/mol. The summed E-state index contributed by atoms with van der Waals surface area (Å²) in [6, 6.07) is 8.75. The lowest BCUT2D eigenvalue weighted by molar-refractivity contribution is -0.745. The first-order valence-corrected chi connectivity index (χ1v) is 29.4. The molecule has 0 bridgehead atoms. The first kappa shape index (κ1) is 59.7. The van der Waals surface area contributed by atoms with Gasteiger partial charge in [-0.25, -0.2) is 42.6 Å². The van der Waals surface area contributed by atoms with E-state index in [-0.39, 0.29) is 39.7 Å². The summed E-state index contributed by atoms with van der Waals surface area (Å²) in [7, 11) is -21.1. The average molecular weight is 1220 g/mol. The van der Waals surface area contributed by atoms with Crippen LogP contribution in [-0.4, -0.2) is 167 Å². The number of carbonyl (C=O) groups is 1. The van der Waals surface area contributed by atoms with E-state index < -0.39 is 154 Å². The number of anilines is 2. The van der Waals surface area contributed by atoms with Gasteiger partial charge in [-0.3, -0.25) is 56.1 Å². The van der Waals surface area contributed by atoms with Crippen LogP contribution in [0.1, 0.15) is 29.0 Å². The zero-order valence-corrected chi connectivity index (χ0v) is 45.1. The molecule has 42 heteroatoms. The highest BCUT2D eigenvalue weighted by Gasteiger charge is 2.54. The Balaban J connectivity index is 0.879. The van der Waals surface area contributed by atoms with Crippen LogP contribution >= 0.6 is 31.3 Å². The van der Waals surface area contributed by atoms with Crippen molar-refractivity contribution >= 4 is 71.3 Å². The molecule has 16 atom stereocenters. The number of methoxy groups -OCH3 is 1. The van der Waals surface area contributed by atoms with E-state index in [1.165, 1.54) is 39.2 Å². The summed E-state index contributed by atoms with van der Waals surface area (Å²) < 4.78 is 110. The number of ether oxygens (including phenoxy) is 4. The van der Waals surface area contributed by atoms with Crippen LogP contribution in [0.2, 0.25) is 0 Å². The van der Waals surface area contributed by atoms with Gasteiger partial charge in [0.25, 0.3) is 23.0 Å². The molecule has 440 valence electrons. The lowest BCUT2D eigenvalue weighted by Gasteiger charge is -2.26. The normalized spacial score (nSPS) is 28.9. The third kappa shape index (κ3) is 13.0. The van der Waals surface area contributed by atoms with Crippen LogP contribution in [-0.2, 0) is 71.0 Å². The van der Waals surface area contributed by atoms with Crippen LogP contribution in [0.5, 0.6) is 0 Å². The van der Waals surface area contributed by atoms with Gasteiger partial charge in [-0.15, -0.1) is 0 Å². The largest absolute Gasteiger partial charge is 0.490 e. The maximum Gasteiger partial charge on any atom is 0.490 e. The number of aromatic amines is 2. The first-order chi connectivity index (χ1) is 38.1. The molecule has 8 heterocycles. The predicted molar refractivity (Wildman–Crippen MR) is 264 cm³/mol. The van der Waals surface area contributed by atoms with Crippen molar-refractivity contribution in [3.05, 3.63) is 98.3 Å². The van der Waals surface area contributed by atoms with Crippen LogP contribution < -0.4 is 38.2 Å². The quantitative estimate of drug-likeness (QED) is 0.0235. The standard InChI is InChI=1S/C39H49N13O25P4/c1-49-16-52(32-24(49)34(58)48-38(41)47-32)35-25(54)18(10-42-33(57)17-6-4-3-5-7-17)19(72-35)11-70-79(62,63)76-81(66,67)77-80(64,65)71-13-21-28(29(68-2)37(74-21)51-15-45-23-30(40)43-14-44-31(23)51)75-78(60,61)69-12-20-26(55)27(56)36(73-20)50-9-8-22(53)46-39(50)59/h3-9,14-16,18-21,25-29,35-37,54-56H,10-13H2,1-2H3,(H10-,40,41,42,43,44,46,47,48,53,57,58,59,60,61,62,63,64,65,66,67)/p+1/t18-,19-,20-,21-,25-,26-,27-,28-,29-,35-,36-,37-/m1/s1. The Labute approximate surface area is 451 Å². The SMILES string of the molecule is CO[C@@H]1[C@H](OP(=O)(O)OC[C@H]2O[C@@H](n3ccc(=O)[nH]c3=O)[C@H](O)[C@@H]2O)[C@@H](COP(=O)(O)OP(=O)(O)OP(=O)(O)OC[C@H]2O[C@@H]([n+]3cn(C)c4c(=O)[nH]c(N)nc43)[C@H](O)[C@@H]2CNC(=O)c2ccccc2)O[C@H]1n1cnc2c(N)ncnc21. The molecule has 3 fully saturated rings. The Morgan fingerprint density at radius 2 is 1.43 bits per heavy atom. The molecule has 38 nitrogen and oxygen atoms in total. The van der Waals surface area contributed by atoms with Gasteiger partial charge in [0, 0.05) is 37.4 Å². The molecule has 3 aliphatic heterocycles. The van der Waals surface area contributed by atoms with Gasteiger partial charge < -0.3 is 70.6 Å². The lowest BCUT2D eigenvalue weighted by Crippen LogP contribution is -2.46. The molecular formula is C39H50N13O25P4+. The van der Waals surface area contributed by atoms with E-state index in [0.717, 1.165) is 36.6 Å². The van der Waals surface area contributed by atoms with Crippen molar-refractivity contribution in [1.29, 1.82) is 0 Å². The summed E-state index contributed by atoms with van der Waals surface area (Å²) >= 11 is 0. The van der Waals surface area contributed by atoms with E-state index in [9.17, 15) is 72.3 Å². The Morgan fingerprint density at radius 3 is 2.11 bits per heavy atom. The first-order valence-electron chi connectivity index (χ1n) is 23.4. The van der Waals surface area contributed by atoms with Gasteiger partial charge in [-0.05, 0) is 12.1 Å². The second-order valence-electron chi connectivity index (χ2n) is 18.0. The Hall–Kier alpha value is -5.89. The molecule has 81 heavy (non-hydrogen) atoms. The zero-order valence-electron chi connectivity index (χ0n) is 41.5. The minimum atomic E-state index is -6.26. The van der Waals surface area contributed by atoms with E-state index >= 15 is 0 Å². The number of H-pyrrole nitrogens is 2. The van der Waals surface area contributed by atoms with Crippen LogP contribution in [0.25, 0.3) is 22.3 Å². The second-order valence-corrected chi connectivity index (χ2v) is 24.0. The van der Waals surface area contributed by atoms with Crippen molar-refractivity contribution in [1.82, 2.24) is 48.9 Å². The highest BCUT2D eigenvalue weighted by Crippen LogP contribution is 2.68. The molecule has 3 aliphatic rings. The summed E-state index contributed by atoms with van der Waals surface area (Å²) in [5, 5.41) is 35.6. The highest BCUT2D eigenvalue weighted by molar-refractivity contribution is 7.66. The molecule has 0 saturated carbocycles. The van der Waals surface area contributed by atoms with Crippen LogP contribution in [0, 0.1) is 5.92 Å². The highest BCUT2D eigenvalue weighted by atomic mass is 31.3. The van der Waals surface area contributed by atoms with E-state index in [0.29, 0.717) is 0 Å². The number of amides is 1. The zero-order chi connectivity index (χ0) is 58.5.